The molecule has 0 atom stereocenters. The lowest BCUT2D eigenvalue weighted by Crippen LogP contribution is -2.22. The van der Waals surface area contributed by atoms with Crippen molar-refractivity contribution in [2.45, 2.75) is 0 Å². The molecule has 0 unspecified atom stereocenters. The van der Waals surface area contributed by atoms with Crippen molar-refractivity contribution in [2.24, 2.45) is 0 Å². The highest BCUT2D eigenvalue weighted by Crippen LogP contribution is 2.38. The van der Waals surface area contributed by atoms with Crippen molar-refractivity contribution in [1.82, 2.24) is 10.6 Å². The predicted octanol–water partition coefficient (Wildman–Crippen LogP) is 0.604. The second-order valence-electron chi connectivity index (χ2n) is 3.91. The lowest BCUT2D eigenvalue weighted by Gasteiger charge is -2.07. The van der Waals surface area contributed by atoms with Crippen molar-refractivity contribution in [3.05, 3.63) is 23.4 Å². The van der Waals surface area contributed by atoms with E-state index in [1.807, 2.05) is 0 Å². The maximum atomic E-state index is 11.5. The average Bonchev–Trinajstić information content (AvgIpc) is 2.95. The van der Waals surface area contributed by atoms with Gasteiger partial charge in [-0.25, -0.2) is 4.79 Å². The van der Waals surface area contributed by atoms with E-state index in [-0.39, 0.29) is 12.5 Å². The first-order valence-corrected chi connectivity index (χ1v) is 5.49. The number of benzene rings is 1. The number of ether oxygens (including phenoxy) is 3. The molecule has 0 bridgehead atoms. The van der Waals surface area contributed by atoms with Gasteiger partial charge in [-0.15, -0.1) is 0 Å². The standard InChI is InChI=1S/C12H10N2O5/c1-17-8-4-10-9(18-5-19-10)3-6(8)2-7-11(15)14-12(16)13-7/h2-4H,5H2,1H3,(H2,13,14,15,16)/b7-2-. The number of urea groups is 1. The molecule has 3 amide bonds. The molecule has 7 heteroatoms. The molecular weight excluding hydrogens is 252 g/mol. The molecule has 1 aromatic rings. The van der Waals surface area contributed by atoms with E-state index in [0.29, 0.717) is 22.8 Å². The van der Waals surface area contributed by atoms with Gasteiger partial charge < -0.3 is 19.5 Å². The van der Waals surface area contributed by atoms with Gasteiger partial charge in [-0.3, -0.25) is 10.1 Å². The molecule has 98 valence electrons. The van der Waals surface area contributed by atoms with E-state index in [0.717, 1.165) is 0 Å². The van der Waals surface area contributed by atoms with Gasteiger partial charge >= 0.3 is 6.03 Å². The van der Waals surface area contributed by atoms with Gasteiger partial charge in [-0.1, -0.05) is 0 Å². The molecular formula is C12H10N2O5. The zero-order valence-electron chi connectivity index (χ0n) is 9.98. The second-order valence-corrected chi connectivity index (χ2v) is 3.91. The first-order chi connectivity index (χ1) is 9.17. The zero-order valence-corrected chi connectivity index (χ0v) is 9.98. The summed E-state index contributed by atoms with van der Waals surface area (Å²) < 4.78 is 15.7. The fourth-order valence-corrected chi connectivity index (χ4v) is 1.87. The fourth-order valence-electron chi connectivity index (χ4n) is 1.87. The van der Waals surface area contributed by atoms with Crippen LogP contribution in [0.3, 0.4) is 0 Å². The van der Waals surface area contributed by atoms with Crippen LogP contribution in [0.2, 0.25) is 0 Å². The number of hydrogen-bond acceptors (Lipinski definition) is 5. The molecule has 19 heavy (non-hydrogen) atoms. The SMILES string of the molecule is COc1cc2c(cc1/C=C1\NC(=O)NC1=O)OCO2. The van der Waals surface area contributed by atoms with E-state index in [1.165, 1.54) is 13.2 Å². The number of carbonyl (C=O) groups excluding carboxylic acids is 2. The van der Waals surface area contributed by atoms with Crippen molar-refractivity contribution in [3.8, 4) is 17.2 Å². The van der Waals surface area contributed by atoms with Gasteiger partial charge in [0, 0.05) is 11.6 Å². The van der Waals surface area contributed by atoms with Crippen LogP contribution >= 0.6 is 0 Å². The van der Waals surface area contributed by atoms with Crippen LogP contribution in [0.4, 0.5) is 4.79 Å². The summed E-state index contributed by atoms with van der Waals surface area (Å²) in [5.41, 5.74) is 0.765. The number of fused-ring (bicyclic) bond motifs is 1. The maximum absolute atomic E-state index is 11.5. The molecule has 0 aromatic heterocycles. The van der Waals surface area contributed by atoms with Gasteiger partial charge in [-0.05, 0) is 12.1 Å². The molecule has 1 aromatic carbocycles. The van der Waals surface area contributed by atoms with Crippen LogP contribution in [0, 0.1) is 0 Å². The van der Waals surface area contributed by atoms with Crippen molar-refractivity contribution in [1.29, 1.82) is 0 Å². The Hall–Kier alpha value is -2.70. The summed E-state index contributed by atoms with van der Waals surface area (Å²) in [6.45, 7) is 0.149. The van der Waals surface area contributed by atoms with E-state index in [9.17, 15) is 9.59 Å². The molecule has 2 heterocycles. The first-order valence-electron chi connectivity index (χ1n) is 5.49. The zero-order chi connectivity index (χ0) is 13.4. The Morgan fingerprint density at radius 1 is 1.21 bits per heavy atom. The van der Waals surface area contributed by atoms with E-state index in [2.05, 4.69) is 10.6 Å². The third-order valence-electron chi connectivity index (χ3n) is 2.74. The van der Waals surface area contributed by atoms with Crippen LogP contribution in [-0.2, 0) is 4.79 Å². The summed E-state index contributed by atoms with van der Waals surface area (Å²) in [5.74, 6) is 1.19. The quantitative estimate of drug-likeness (QED) is 0.602. The van der Waals surface area contributed by atoms with Gasteiger partial charge in [0.1, 0.15) is 11.4 Å². The number of rotatable bonds is 2. The van der Waals surface area contributed by atoms with Gasteiger partial charge in [0.15, 0.2) is 11.5 Å². The highest BCUT2D eigenvalue weighted by molar-refractivity contribution is 6.14. The Bertz CT molecular complexity index is 608. The molecule has 0 aliphatic carbocycles. The molecule has 2 aliphatic rings. The minimum Gasteiger partial charge on any atom is -0.496 e. The van der Waals surface area contributed by atoms with E-state index >= 15 is 0 Å². The van der Waals surface area contributed by atoms with Crippen molar-refractivity contribution < 1.29 is 23.8 Å². The maximum Gasteiger partial charge on any atom is 0.326 e. The summed E-state index contributed by atoms with van der Waals surface area (Å²) in [6.07, 6.45) is 1.51. The third-order valence-corrected chi connectivity index (χ3v) is 2.74. The monoisotopic (exact) mass is 262 g/mol. The van der Waals surface area contributed by atoms with Crippen LogP contribution in [0.5, 0.6) is 17.2 Å². The predicted molar refractivity (Wildman–Crippen MR) is 63.8 cm³/mol. The number of amides is 3. The lowest BCUT2D eigenvalue weighted by atomic mass is 10.1. The van der Waals surface area contributed by atoms with Crippen molar-refractivity contribution in [2.75, 3.05) is 13.9 Å². The van der Waals surface area contributed by atoms with Crippen molar-refractivity contribution >= 4 is 18.0 Å². The van der Waals surface area contributed by atoms with Crippen LogP contribution in [0.25, 0.3) is 6.08 Å². The summed E-state index contributed by atoms with van der Waals surface area (Å²) in [7, 11) is 1.51. The van der Waals surface area contributed by atoms with Crippen molar-refractivity contribution in [3.63, 3.8) is 0 Å². The summed E-state index contributed by atoms with van der Waals surface area (Å²) in [4.78, 5) is 22.5. The number of carbonyl (C=O) groups is 2. The molecule has 0 spiro atoms. The molecule has 0 radical (unpaired) electrons. The normalized spacial score (nSPS) is 18.5. The number of methoxy groups -OCH3 is 1. The molecule has 7 nitrogen and oxygen atoms in total. The third kappa shape index (κ3) is 1.95. The molecule has 1 fully saturated rings. The smallest absolute Gasteiger partial charge is 0.326 e. The second kappa shape index (κ2) is 4.20. The number of imide groups is 1. The molecule has 2 N–H and O–H groups in total. The van der Waals surface area contributed by atoms with Crippen LogP contribution in [0.1, 0.15) is 5.56 Å². The minimum absolute atomic E-state index is 0.149. The fraction of sp³-hybridized carbons (Fsp3) is 0.167. The summed E-state index contributed by atoms with van der Waals surface area (Å²) in [5, 5.41) is 4.53. The highest BCUT2D eigenvalue weighted by atomic mass is 16.7. The average molecular weight is 262 g/mol. The Morgan fingerprint density at radius 2 is 1.95 bits per heavy atom. The van der Waals surface area contributed by atoms with E-state index in [1.54, 1.807) is 12.1 Å². The van der Waals surface area contributed by atoms with Crippen LogP contribution in [0.15, 0.2) is 17.8 Å². The van der Waals surface area contributed by atoms with Gasteiger partial charge in [0.2, 0.25) is 6.79 Å². The molecule has 3 rings (SSSR count). The molecule has 2 aliphatic heterocycles. The summed E-state index contributed by atoms with van der Waals surface area (Å²) in [6, 6.07) is 2.81. The van der Waals surface area contributed by atoms with Gasteiger partial charge in [-0.2, -0.15) is 0 Å². The number of nitrogens with one attached hydrogen (secondary N) is 2. The largest absolute Gasteiger partial charge is 0.496 e. The molecule has 0 saturated carbocycles. The Labute approximate surface area is 108 Å². The molecule has 1 saturated heterocycles. The van der Waals surface area contributed by atoms with Crippen LogP contribution < -0.4 is 24.8 Å². The van der Waals surface area contributed by atoms with Crippen LogP contribution in [-0.4, -0.2) is 25.8 Å². The summed E-state index contributed by atoms with van der Waals surface area (Å²) >= 11 is 0. The topological polar surface area (TPSA) is 85.9 Å². The van der Waals surface area contributed by atoms with E-state index in [4.69, 9.17) is 14.2 Å². The highest BCUT2D eigenvalue weighted by Gasteiger charge is 2.24. The van der Waals surface area contributed by atoms with Gasteiger partial charge in [0.25, 0.3) is 5.91 Å². The lowest BCUT2D eigenvalue weighted by molar-refractivity contribution is -0.115. The van der Waals surface area contributed by atoms with Gasteiger partial charge in [0.05, 0.1) is 7.11 Å². The minimum atomic E-state index is -0.545. The van der Waals surface area contributed by atoms with E-state index < -0.39 is 11.9 Å². The Balaban J connectivity index is 2.03. The Morgan fingerprint density at radius 3 is 2.58 bits per heavy atom. The number of hydrogen-bond donors (Lipinski definition) is 2. The first kappa shape index (κ1) is 11.4. The Kier molecular flexibility index (Phi) is 2.52.